The fraction of sp³-hybridized carbons (Fsp3) is 0.0714. The van der Waals surface area contributed by atoms with E-state index in [2.05, 4.69) is 0 Å². The molecule has 80 valence electrons. The molecule has 2 rings (SSSR count). The number of benzene rings is 2. The third-order valence-electron chi connectivity index (χ3n) is 2.46. The second kappa shape index (κ2) is 4.95. The second-order valence-electron chi connectivity index (χ2n) is 3.49. The number of carbonyl (C=O) groups is 1. The van der Waals surface area contributed by atoms with Crippen molar-refractivity contribution in [3.8, 4) is 11.1 Å². The van der Waals surface area contributed by atoms with Crippen LogP contribution in [-0.2, 0) is 4.79 Å². The largest absolute Gasteiger partial charge is 0.301 e. The molecule has 0 fully saturated rings. The van der Waals surface area contributed by atoms with E-state index in [0.717, 1.165) is 23.0 Å². The van der Waals surface area contributed by atoms with Crippen LogP contribution in [-0.4, -0.2) is 6.29 Å². The molecule has 0 aliphatic carbocycles. The molecular weight excluding hydrogens is 220 g/mol. The van der Waals surface area contributed by atoms with Crippen LogP contribution in [0.4, 0.5) is 0 Å². The Bertz CT molecular complexity index is 479. The zero-order chi connectivity index (χ0) is 11.4. The van der Waals surface area contributed by atoms with E-state index in [1.165, 1.54) is 0 Å². The highest BCUT2D eigenvalue weighted by atomic mass is 35.5. The van der Waals surface area contributed by atoms with Crippen LogP contribution in [0.1, 0.15) is 10.9 Å². The highest BCUT2D eigenvalue weighted by Gasteiger charge is 2.11. The predicted molar refractivity (Wildman–Crippen MR) is 66.5 cm³/mol. The molecule has 0 spiro atoms. The van der Waals surface area contributed by atoms with Gasteiger partial charge in [-0.3, -0.25) is 0 Å². The molecule has 16 heavy (non-hydrogen) atoms. The Balaban J connectivity index is 2.53. The van der Waals surface area contributed by atoms with Crippen molar-refractivity contribution in [1.29, 1.82) is 0 Å². The zero-order valence-electron chi connectivity index (χ0n) is 8.64. The number of halogens is 1. The number of carbonyl (C=O) groups excluding carboxylic acids is 1. The van der Waals surface area contributed by atoms with Crippen LogP contribution in [0.3, 0.4) is 0 Å². The molecule has 1 unspecified atom stereocenters. The number of alkyl halides is 1. The highest BCUT2D eigenvalue weighted by Crippen LogP contribution is 2.30. The van der Waals surface area contributed by atoms with Crippen LogP contribution >= 0.6 is 11.6 Å². The van der Waals surface area contributed by atoms with E-state index >= 15 is 0 Å². The van der Waals surface area contributed by atoms with Crippen molar-refractivity contribution >= 4 is 17.9 Å². The number of hydrogen-bond acceptors (Lipinski definition) is 1. The van der Waals surface area contributed by atoms with Gasteiger partial charge in [0.25, 0.3) is 0 Å². The summed E-state index contributed by atoms with van der Waals surface area (Å²) in [5, 5.41) is -0.587. The van der Waals surface area contributed by atoms with E-state index in [1.54, 1.807) is 0 Å². The maximum atomic E-state index is 10.8. The van der Waals surface area contributed by atoms with Crippen LogP contribution in [0.25, 0.3) is 11.1 Å². The minimum absolute atomic E-state index is 0.587. The summed E-state index contributed by atoms with van der Waals surface area (Å²) < 4.78 is 0. The smallest absolute Gasteiger partial charge is 0.142 e. The molecule has 2 aromatic carbocycles. The molecule has 0 radical (unpaired) electrons. The second-order valence-corrected chi connectivity index (χ2v) is 3.96. The third kappa shape index (κ3) is 2.15. The van der Waals surface area contributed by atoms with Crippen molar-refractivity contribution < 1.29 is 4.79 Å². The maximum absolute atomic E-state index is 10.8. The Hall–Kier alpha value is -1.60. The first-order valence-electron chi connectivity index (χ1n) is 5.06. The lowest BCUT2D eigenvalue weighted by Gasteiger charge is -2.10. The van der Waals surface area contributed by atoms with Gasteiger partial charge in [-0.15, -0.1) is 11.6 Å². The molecule has 1 atom stereocenters. The van der Waals surface area contributed by atoms with Crippen molar-refractivity contribution in [2.75, 3.05) is 0 Å². The molecule has 2 aromatic rings. The minimum atomic E-state index is -0.587. The summed E-state index contributed by atoms with van der Waals surface area (Å²) in [6, 6.07) is 17.6. The summed E-state index contributed by atoms with van der Waals surface area (Å²) in [5.41, 5.74) is 2.94. The van der Waals surface area contributed by atoms with E-state index in [9.17, 15) is 4.79 Å². The van der Waals surface area contributed by atoms with Crippen molar-refractivity contribution in [3.63, 3.8) is 0 Å². The Morgan fingerprint density at radius 1 is 0.938 bits per heavy atom. The van der Waals surface area contributed by atoms with Crippen molar-refractivity contribution in [1.82, 2.24) is 0 Å². The summed E-state index contributed by atoms with van der Waals surface area (Å²) >= 11 is 5.98. The molecule has 0 aliphatic heterocycles. The molecule has 2 heteroatoms. The molecule has 0 saturated heterocycles. The van der Waals surface area contributed by atoms with E-state index in [1.807, 2.05) is 54.6 Å². The van der Waals surface area contributed by atoms with Gasteiger partial charge in [0.05, 0.1) is 0 Å². The molecule has 0 aromatic heterocycles. The Labute approximate surface area is 99.7 Å². The fourth-order valence-corrected chi connectivity index (χ4v) is 1.88. The SMILES string of the molecule is O=CC(Cl)c1ccccc1-c1ccccc1. The highest BCUT2D eigenvalue weighted by molar-refractivity contribution is 6.28. The van der Waals surface area contributed by atoms with E-state index in [0.29, 0.717) is 0 Å². The number of aldehydes is 1. The number of hydrogen-bond donors (Lipinski definition) is 0. The lowest BCUT2D eigenvalue weighted by molar-refractivity contribution is -0.107. The van der Waals surface area contributed by atoms with Crippen LogP contribution in [0.5, 0.6) is 0 Å². The van der Waals surface area contributed by atoms with Crippen LogP contribution in [0.2, 0.25) is 0 Å². The van der Waals surface area contributed by atoms with Crippen molar-refractivity contribution in [2.24, 2.45) is 0 Å². The van der Waals surface area contributed by atoms with Gasteiger partial charge in [0, 0.05) is 0 Å². The molecule has 0 saturated carbocycles. The minimum Gasteiger partial charge on any atom is -0.301 e. The van der Waals surface area contributed by atoms with Crippen LogP contribution in [0.15, 0.2) is 54.6 Å². The van der Waals surface area contributed by atoms with Gasteiger partial charge < -0.3 is 4.79 Å². The first kappa shape index (κ1) is 10.9. The molecule has 0 aliphatic rings. The van der Waals surface area contributed by atoms with Gasteiger partial charge in [-0.1, -0.05) is 54.6 Å². The van der Waals surface area contributed by atoms with Crippen molar-refractivity contribution in [3.05, 3.63) is 60.2 Å². The van der Waals surface area contributed by atoms with Gasteiger partial charge in [0.2, 0.25) is 0 Å². The molecular formula is C14H11ClO. The van der Waals surface area contributed by atoms with Crippen LogP contribution < -0.4 is 0 Å². The van der Waals surface area contributed by atoms with E-state index in [-0.39, 0.29) is 0 Å². The lowest BCUT2D eigenvalue weighted by Crippen LogP contribution is -1.94. The van der Waals surface area contributed by atoms with E-state index < -0.39 is 5.38 Å². The average Bonchev–Trinajstić information content (AvgIpc) is 2.39. The van der Waals surface area contributed by atoms with Crippen molar-refractivity contribution in [2.45, 2.75) is 5.38 Å². The van der Waals surface area contributed by atoms with Gasteiger partial charge >= 0.3 is 0 Å². The molecule has 0 N–H and O–H groups in total. The first-order chi connectivity index (χ1) is 7.83. The summed E-state index contributed by atoms with van der Waals surface area (Å²) in [6.45, 7) is 0. The lowest BCUT2D eigenvalue weighted by atomic mass is 9.98. The predicted octanol–water partition coefficient (Wildman–Crippen LogP) is 3.83. The summed E-state index contributed by atoms with van der Waals surface area (Å²) in [7, 11) is 0. The fourth-order valence-electron chi connectivity index (χ4n) is 1.69. The average molecular weight is 231 g/mol. The van der Waals surface area contributed by atoms with Crippen LogP contribution in [0, 0.1) is 0 Å². The van der Waals surface area contributed by atoms with Gasteiger partial charge in [-0.05, 0) is 16.7 Å². The standard InChI is InChI=1S/C14H11ClO/c15-14(10-16)13-9-5-4-8-12(13)11-6-2-1-3-7-11/h1-10,14H. The molecule has 0 heterocycles. The first-order valence-corrected chi connectivity index (χ1v) is 5.50. The summed E-state index contributed by atoms with van der Waals surface area (Å²) in [5.74, 6) is 0. The Kier molecular flexibility index (Phi) is 3.37. The quantitative estimate of drug-likeness (QED) is 0.579. The summed E-state index contributed by atoms with van der Waals surface area (Å²) in [4.78, 5) is 10.8. The van der Waals surface area contributed by atoms with Gasteiger partial charge in [0.1, 0.15) is 11.7 Å². The Morgan fingerprint density at radius 3 is 2.25 bits per heavy atom. The van der Waals surface area contributed by atoms with Gasteiger partial charge in [-0.2, -0.15) is 0 Å². The summed E-state index contributed by atoms with van der Waals surface area (Å²) in [6.07, 6.45) is 0.753. The monoisotopic (exact) mass is 230 g/mol. The topological polar surface area (TPSA) is 17.1 Å². The Morgan fingerprint density at radius 2 is 1.56 bits per heavy atom. The molecule has 0 bridgehead atoms. The maximum Gasteiger partial charge on any atom is 0.142 e. The normalized spacial score (nSPS) is 12.1. The van der Waals surface area contributed by atoms with Gasteiger partial charge in [0.15, 0.2) is 0 Å². The van der Waals surface area contributed by atoms with E-state index in [4.69, 9.17) is 11.6 Å². The molecule has 1 nitrogen and oxygen atoms in total. The zero-order valence-corrected chi connectivity index (χ0v) is 9.39. The third-order valence-corrected chi connectivity index (χ3v) is 2.80. The number of rotatable bonds is 3. The van der Waals surface area contributed by atoms with Gasteiger partial charge in [-0.25, -0.2) is 0 Å². The molecule has 0 amide bonds.